The molecule has 0 aliphatic heterocycles. The van der Waals surface area contributed by atoms with Gasteiger partial charge in [0.05, 0.1) is 0 Å². The Morgan fingerprint density at radius 3 is 2.58 bits per heavy atom. The van der Waals surface area contributed by atoms with Crippen molar-refractivity contribution in [2.24, 2.45) is 11.5 Å². The molecule has 0 fully saturated rings. The molecule has 0 aromatic heterocycles. The van der Waals surface area contributed by atoms with Crippen molar-refractivity contribution < 1.29 is 9.90 Å². The van der Waals surface area contributed by atoms with E-state index in [0.29, 0.717) is 13.0 Å². The zero-order valence-electron chi connectivity index (χ0n) is 7.19. The smallest absolute Gasteiger partial charge is 0.320 e. The van der Waals surface area contributed by atoms with Crippen molar-refractivity contribution in [2.45, 2.75) is 24.1 Å². The first-order valence-electron chi connectivity index (χ1n) is 3.83. The van der Waals surface area contributed by atoms with Crippen molar-refractivity contribution in [3.8, 4) is 0 Å². The third kappa shape index (κ3) is 4.58. The van der Waals surface area contributed by atoms with E-state index >= 15 is 0 Å². The summed E-state index contributed by atoms with van der Waals surface area (Å²) in [6.45, 7) is 0.581. The van der Waals surface area contributed by atoms with Crippen LogP contribution in [0.5, 0.6) is 0 Å². The Kier molecular flexibility index (Phi) is 6.14. The van der Waals surface area contributed by atoms with Crippen molar-refractivity contribution in [2.75, 3.05) is 12.8 Å². The Balaban J connectivity index is 3.76. The number of nitrogens with two attached hydrogens (primary N) is 2. The van der Waals surface area contributed by atoms with Crippen LogP contribution in [0.3, 0.4) is 0 Å². The standard InChI is InChI=1S/C7H16N2O2S/c1-12-5(2-3-8)4-6(9)7(10)11/h5-6H,2-4,8-9H2,1H3,(H,10,11). The van der Waals surface area contributed by atoms with E-state index in [2.05, 4.69) is 0 Å². The summed E-state index contributed by atoms with van der Waals surface area (Å²) >= 11 is 1.62. The molecule has 4 nitrogen and oxygen atoms in total. The molecule has 0 saturated carbocycles. The number of hydrogen-bond donors (Lipinski definition) is 3. The van der Waals surface area contributed by atoms with Gasteiger partial charge in [0, 0.05) is 5.25 Å². The van der Waals surface area contributed by atoms with E-state index in [1.807, 2.05) is 6.26 Å². The fraction of sp³-hybridized carbons (Fsp3) is 0.857. The SMILES string of the molecule is CSC(CCN)CC(N)C(=O)O. The Morgan fingerprint density at radius 1 is 1.67 bits per heavy atom. The largest absolute Gasteiger partial charge is 0.480 e. The minimum atomic E-state index is -0.939. The summed E-state index contributed by atoms with van der Waals surface area (Å²) in [5.41, 5.74) is 10.7. The molecule has 0 radical (unpaired) electrons. The highest BCUT2D eigenvalue weighted by Gasteiger charge is 2.17. The van der Waals surface area contributed by atoms with E-state index < -0.39 is 12.0 Å². The first-order chi connectivity index (χ1) is 5.61. The van der Waals surface area contributed by atoms with Crippen LogP contribution < -0.4 is 11.5 Å². The van der Waals surface area contributed by atoms with Gasteiger partial charge >= 0.3 is 5.97 Å². The van der Waals surface area contributed by atoms with Gasteiger partial charge in [0.1, 0.15) is 6.04 Å². The molecule has 0 aromatic rings. The number of aliphatic carboxylic acids is 1. The number of carbonyl (C=O) groups is 1. The Labute approximate surface area is 76.7 Å². The van der Waals surface area contributed by atoms with Crippen LogP contribution in [0.25, 0.3) is 0 Å². The van der Waals surface area contributed by atoms with Crippen molar-refractivity contribution in [3.63, 3.8) is 0 Å². The summed E-state index contributed by atoms with van der Waals surface area (Å²) < 4.78 is 0. The predicted molar refractivity (Wildman–Crippen MR) is 51.2 cm³/mol. The lowest BCUT2D eigenvalue weighted by molar-refractivity contribution is -0.138. The van der Waals surface area contributed by atoms with Crippen molar-refractivity contribution >= 4 is 17.7 Å². The van der Waals surface area contributed by atoms with Crippen molar-refractivity contribution in [1.82, 2.24) is 0 Å². The van der Waals surface area contributed by atoms with Gasteiger partial charge in [-0.15, -0.1) is 0 Å². The lowest BCUT2D eigenvalue weighted by Crippen LogP contribution is -2.33. The second kappa shape index (κ2) is 6.28. The van der Waals surface area contributed by atoms with Gasteiger partial charge in [-0.05, 0) is 25.6 Å². The molecule has 72 valence electrons. The Bertz CT molecular complexity index is 143. The lowest BCUT2D eigenvalue weighted by Gasteiger charge is -2.15. The molecule has 0 aromatic carbocycles. The molecule has 12 heavy (non-hydrogen) atoms. The second-order valence-corrected chi connectivity index (χ2v) is 3.75. The minimum Gasteiger partial charge on any atom is -0.480 e. The topological polar surface area (TPSA) is 89.3 Å². The molecule has 2 atom stereocenters. The number of carboxylic acid groups (broad SMARTS) is 1. The van der Waals surface area contributed by atoms with Gasteiger partial charge in [-0.1, -0.05) is 0 Å². The van der Waals surface area contributed by atoms with E-state index in [-0.39, 0.29) is 5.25 Å². The van der Waals surface area contributed by atoms with Gasteiger partial charge in [-0.2, -0.15) is 11.8 Å². The maximum atomic E-state index is 10.4. The van der Waals surface area contributed by atoms with Crippen LogP contribution in [0.4, 0.5) is 0 Å². The molecule has 5 heteroatoms. The van der Waals surface area contributed by atoms with Crippen LogP contribution in [0, 0.1) is 0 Å². The van der Waals surface area contributed by atoms with Gasteiger partial charge in [0.15, 0.2) is 0 Å². The number of hydrogen-bond acceptors (Lipinski definition) is 4. The zero-order chi connectivity index (χ0) is 9.56. The monoisotopic (exact) mass is 192 g/mol. The van der Waals surface area contributed by atoms with Gasteiger partial charge in [0.25, 0.3) is 0 Å². The molecular weight excluding hydrogens is 176 g/mol. The first kappa shape index (κ1) is 11.7. The third-order valence-corrected chi connectivity index (χ3v) is 2.75. The van der Waals surface area contributed by atoms with E-state index in [0.717, 1.165) is 6.42 Å². The Morgan fingerprint density at radius 2 is 2.25 bits per heavy atom. The predicted octanol–water partition coefficient (Wildman–Crippen LogP) is -0.131. The number of carboxylic acids is 1. The maximum Gasteiger partial charge on any atom is 0.320 e. The maximum absolute atomic E-state index is 10.4. The van der Waals surface area contributed by atoms with Gasteiger partial charge in [0.2, 0.25) is 0 Å². The molecule has 0 rings (SSSR count). The Hall–Kier alpha value is -0.260. The highest BCUT2D eigenvalue weighted by atomic mass is 32.2. The van der Waals surface area contributed by atoms with Gasteiger partial charge < -0.3 is 16.6 Å². The van der Waals surface area contributed by atoms with Crippen LogP contribution in [0.2, 0.25) is 0 Å². The fourth-order valence-corrected chi connectivity index (χ4v) is 1.67. The van der Waals surface area contributed by atoms with Crippen LogP contribution in [0.1, 0.15) is 12.8 Å². The third-order valence-electron chi connectivity index (χ3n) is 1.66. The molecule has 0 amide bonds. The fourth-order valence-electron chi connectivity index (χ4n) is 0.902. The quantitative estimate of drug-likeness (QED) is 0.545. The molecule has 2 unspecified atom stereocenters. The molecule has 5 N–H and O–H groups in total. The van der Waals surface area contributed by atoms with E-state index in [4.69, 9.17) is 16.6 Å². The molecule has 0 saturated heterocycles. The molecule has 0 heterocycles. The summed E-state index contributed by atoms with van der Waals surface area (Å²) in [7, 11) is 0. The minimum absolute atomic E-state index is 0.265. The second-order valence-electron chi connectivity index (χ2n) is 2.62. The van der Waals surface area contributed by atoms with Gasteiger partial charge in [-0.3, -0.25) is 4.79 Å². The molecule has 0 aliphatic rings. The molecular formula is C7H16N2O2S. The normalized spacial score (nSPS) is 15.6. The molecule has 0 aliphatic carbocycles. The number of thioether (sulfide) groups is 1. The van der Waals surface area contributed by atoms with Crippen LogP contribution in [-0.4, -0.2) is 35.2 Å². The summed E-state index contributed by atoms with van der Waals surface area (Å²) in [6, 6.07) is -0.756. The van der Waals surface area contributed by atoms with Gasteiger partial charge in [-0.25, -0.2) is 0 Å². The highest BCUT2D eigenvalue weighted by Crippen LogP contribution is 2.15. The summed E-state index contributed by atoms with van der Waals surface area (Å²) in [5, 5.41) is 8.79. The summed E-state index contributed by atoms with van der Waals surface area (Å²) in [6.07, 6.45) is 3.25. The van der Waals surface area contributed by atoms with E-state index in [1.165, 1.54) is 0 Å². The summed E-state index contributed by atoms with van der Waals surface area (Å²) in [5.74, 6) is -0.939. The average molecular weight is 192 g/mol. The first-order valence-corrected chi connectivity index (χ1v) is 5.11. The zero-order valence-corrected chi connectivity index (χ0v) is 8.01. The molecule has 0 spiro atoms. The average Bonchev–Trinajstić information content (AvgIpc) is 2.03. The van der Waals surface area contributed by atoms with E-state index in [9.17, 15) is 4.79 Å². The number of rotatable bonds is 6. The summed E-state index contributed by atoms with van der Waals surface area (Å²) in [4.78, 5) is 10.4. The van der Waals surface area contributed by atoms with E-state index in [1.54, 1.807) is 11.8 Å². The lowest BCUT2D eigenvalue weighted by atomic mass is 10.1. The van der Waals surface area contributed by atoms with Crippen molar-refractivity contribution in [1.29, 1.82) is 0 Å². The highest BCUT2D eigenvalue weighted by molar-refractivity contribution is 7.99. The van der Waals surface area contributed by atoms with Crippen LogP contribution in [0.15, 0.2) is 0 Å². The van der Waals surface area contributed by atoms with Crippen molar-refractivity contribution in [3.05, 3.63) is 0 Å². The molecule has 0 bridgehead atoms. The van der Waals surface area contributed by atoms with Crippen LogP contribution >= 0.6 is 11.8 Å². The van der Waals surface area contributed by atoms with Crippen LogP contribution in [-0.2, 0) is 4.79 Å².